The smallest absolute Gasteiger partial charge is 0.342 e. The van der Waals surface area contributed by atoms with E-state index in [0.717, 1.165) is 42.4 Å². The number of ether oxygens (including phenoxy) is 1. The molecule has 186 valence electrons. The maximum absolute atomic E-state index is 13.8. The molecule has 1 N–H and O–H groups in total. The zero-order chi connectivity index (χ0) is 25.5. The minimum absolute atomic E-state index is 0.00343. The molecule has 0 radical (unpaired) electrons. The first-order chi connectivity index (χ1) is 16.8. The van der Waals surface area contributed by atoms with Crippen LogP contribution in [0.3, 0.4) is 0 Å². The number of Topliss-reactive ketones (excluding diaryl/α,β-unsaturated/α-hetero) is 2. The molecule has 1 aromatic rings. The first-order valence-corrected chi connectivity index (χ1v) is 12.6. The maximum atomic E-state index is 13.8. The normalized spacial score (nSPS) is 20.7. The van der Waals surface area contributed by atoms with Crippen molar-refractivity contribution in [2.24, 2.45) is 11.8 Å². The summed E-state index contributed by atoms with van der Waals surface area (Å²) in [5.41, 5.74) is 2.81. The molecule has 0 fully saturated rings. The van der Waals surface area contributed by atoms with Crippen LogP contribution in [0.5, 0.6) is 0 Å². The van der Waals surface area contributed by atoms with E-state index in [2.05, 4.69) is 6.58 Å². The van der Waals surface area contributed by atoms with Crippen molar-refractivity contribution in [2.75, 3.05) is 6.61 Å². The lowest BCUT2D eigenvalue weighted by Gasteiger charge is -2.33. The van der Waals surface area contributed by atoms with Crippen LogP contribution in [0, 0.1) is 11.8 Å². The van der Waals surface area contributed by atoms with Crippen LogP contribution in [0.1, 0.15) is 64.9 Å². The monoisotopic (exact) mass is 476 g/mol. The molecule has 0 aromatic heterocycles. The van der Waals surface area contributed by atoms with Crippen molar-refractivity contribution in [1.82, 2.24) is 0 Å². The minimum Gasteiger partial charge on any atom is -0.504 e. The van der Waals surface area contributed by atoms with Crippen LogP contribution in [0.25, 0.3) is 0 Å². The van der Waals surface area contributed by atoms with Crippen LogP contribution < -0.4 is 0 Å². The summed E-state index contributed by atoms with van der Waals surface area (Å²) in [6.07, 6.45) is 6.73. The van der Waals surface area contributed by atoms with Crippen molar-refractivity contribution in [3.05, 3.63) is 82.2 Å². The van der Waals surface area contributed by atoms with Gasteiger partial charge in [-0.3, -0.25) is 9.59 Å². The Bertz CT molecular complexity index is 1090. The van der Waals surface area contributed by atoms with Gasteiger partial charge in [-0.2, -0.15) is 0 Å². The molecule has 0 amide bonds. The van der Waals surface area contributed by atoms with Gasteiger partial charge in [-0.1, -0.05) is 73.9 Å². The highest BCUT2D eigenvalue weighted by Gasteiger charge is 2.43. The predicted molar refractivity (Wildman–Crippen MR) is 137 cm³/mol. The van der Waals surface area contributed by atoms with Crippen molar-refractivity contribution in [1.29, 1.82) is 0 Å². The van der Waals surface area contributed by atoms with Crippen LogP contribution in [0.4, 0.5) is 0 Å². The standard InChI is InChI=1S/C30H36O5/c1-5-6-8-13-23-26(30(34)35-17-16-21-11-9-7-10-12-21)28(32)25(29(33)27(23)31)24-18-20(4)14-15-22(24)19(2)3/h7,9-12,18,22,24,33H,2,5-6,8,13-17H2,1,3-4H3/t22?,24-/m1/s1. The van der Waals surface area contributed by atoms with E-state index in [-0.39, 0.29) is 35.7 Å². The third kappa shape index (κ3) is 6.08. The molecule has 5 nitrogen and oxygen atoms in total. The highest BCUT2D eigenvalue weighted by molar-refractivity contribution is 6.34. The second-order valence-corrected chi connectivity index (χ2v) is 9.63. The van der Waals surface area contributed by atoms with Gasteiger partial charge in [0.2, 0.25) is 11.6 Å². The third-order valence-electron chi connectivity index (χ3n) is 6.93. The SMILES string of the molecule is C=C(C)C1CCC(C)=C[C@H]1C1=C(O)C(=O)C(CCCCC)=C(C(=O)OCCc2ccccc2)C1=O. The summed E-state index contributed by atoms with van der Waals surface area (Å²) in [5.74, 6) is -3.15. The molecule has 0 saturated heterocycles. The Hall–Kier alpha value is -3.21. The van der Waals surface area contributed by atoms with Gasteiger partial charge in [0.15, 0.2) is 5.76 Å². The molecule has 0 bridgehead atoms. The molecule has 2 atom stereocenters. The number of carbonyl (C=O) groups excluding carboxylic acids is 3. The lowest BCUT2D eigenvalue weighted by atomic mass is 9.70. The van der Waals surface area contributed by atoms with Crippen LogP contribution >= 0.6 is 0 Å². The Morgan fingerprint density at radius 1 is 1.11 bits per heavy atom. The Morgan fingerprint density at radius 3 is 2.49 bits per heavy atom. The summed E-state index contributed by atoms with van der Waals surface area (Å²) >= 11 is 0. The highest BCUT2D eigenvalue weighted by atomic mass is 16.5. The number of benzene rings is 1. The molecule has 0 heterocycles. The van der Waals surface area contributed by atoms with Crippen LogP contribution in [-0.2, 0) is 25.5 Å². The first kappa shape index (κ1) is 26.4. The van der Waals surface area contributed by atoms with Crippen molar-refractivity contribution in [3.63, 3.8) is 0 Å². The number of aliphatic hydroxyl groups is 1. The van der Waals surface area contributed by atoms with Crippen LogP contribution in [0.2, 0.25) is 0 Å². The van der Waals surface area contributed by atoms with E-state index in [9.17, 15) is 19.5 Å². The fourth-order valence-electron chi connectivity index (χ4n) is 4.96. The van der Waals surface area contributed by atoms with Gasteiger partial charge in [0.25, 0.3) is 0 Å². The van der Waals surface area contributed by atoms with Gasteiger partial charge in [-0.15, -0.1) is 0 Å². The Balaban J connectivity index is 1.94. The average Bonchev–Trinajstić information content (AvgIpc) is 2.83. The molecule has 35 heavy (non-hydrogen) atoms. The Morgan fingerprint density at radius 2 is 1.83 bits per heavy atom. The number of ketones is 2. The zero-order valence-electron chi connectivity index (χ0n) is 21.1. The van der Waals surface area contributed by atoms with Crippen molar-refractivity contribution in [2.45, 2.75) is 65.7 Å². The van der Waals surface area contributed by atoms with E-state index >= 15 is 0 Å². The summed E-state index contributed by atoms with van der Waals surface area (Å²) in [4.78, 5) is 40.3. The fraction of sp³-hybridized carbons (Fsp3) is 0.433. The lowest BCUT2D eigenvalue weighted by molar-refractivity contribution is -0.140. The molecule has 1 unspecified atom stereocenters. The molecule has 2 aliphatic rings. The molecule has 3 rings (SSSR count). The number of rotatable bonds is 10. The van der Waals surface area contributed by atoms with Gasteiger partial charge in [0, 0.05) is 17.9 Å². The second kappa shape index (κ2) is 12.0. The first-order valence-electron chi connectivity index (χ1n) is 12.6. The van der Waals surface area contributed by atoms with E-state index in [4.69, 9.17) is 4.74 Å². The largest absolute Gasteiger partial charge is 0.504 e. The molecule has 0 saturated carbocycles. The Labute approximate surface area is 208 Å². The minimum atomic E-state index is -0.792. The number of unbranched alkanes of at least 4 members (excludes halogenated alkanes) is 2. The zero-order valence-corrected chi connectivity index (χ0v) is 21.1. The maximum Gasteiger partial charge on any atom is 0.342 e. The molecular formula is C30H36O5. The lowest BCUT2D eigenvalue weighted by Crippen LogP contribution is -2.35. The quantitative estimate of drug-likeness (QED) is 0.144. The molecular weight excluding hydrogens is 440 g/mol. The summed E-state index contributed by atoms with van der Waals surface area (Å²) in [7, 11) is 0. The van der Waals surface area contributed by atoms with Gasteiger partial charge in [-0.05, 0) is 51.0 Å². The van der Waals surface area contributed by atoms with E-state index in [0.29, 0.717) is 12.8 Å². The van der Waals surface area contributed by atoms with Crippen LogP contribution in [-0.4, -0.2) is 29.2 Å². The fourth-order valence-corrected chi connectivity index (χ4v) is 4.96. The van der Waals surface area contributed by atoms with Gasteiger partial charge in [-0.25, -0.2) is 4.79 Å². The number of hydrogen-bond donors (Lipinski definition) is 1. The summed E-state index contributed by atoms with van der Waals surface area (Å²) in [5, 5.41) is 11.0. The number of hydrogen-bond acceptors (Lipinski definition) is 5. The summed E-state index contributed by atoms with van der Waals surface area (Å²) in [6.45, 7) is 10.1. The van der Waals surface area contributed by atoms with Crippen LogP contribution in [0.15, 0.2) is 76.6 Å². The van der Waals surface area contributed by atoms with Crippen molar-refractivity contribution < 1.29 is 24.2 Å². The van der Waals surface area contributed by atoms with Gasteiger partial charge in [0.1, 0.15) is 5.57 Å². The van der Waals surface area contributed by atoms with E-state index in [1.807, 2.05) is 57.2 Å². The number of esters is 1. The molecule has 5 heteroatoms. The second-order valence-electron chi connectivity index (χ2n) is 9.63. The summed E-state index contributed by atoms with van der Waals surface area (Å²) in [6, 6.07) is 9.61. The average molecular weight is 477 g/mol. The van der Waals surface area contributed by atoms with E-state index in [1.54, 1.807) is 0 Å². The molecule has 2 aliphatic carbocycles. The number of aliphatic hydroxyl groups excluding tert-OH is 1. The third-order valence-corrected chi connectivity index (χ3v) is 6.93. The van der Waals surface area contributed by atoms with Crippen molar-refractivity contribution >= 4 is 17.5 Å². The van der Waals surface area contributed by atoms with Crippen molar-refractivity contribution in [3.8, 4) is 0 Å². The molecule has 1 aromatic carbocycles. The number of carbonyl (C=O) groups is 3. The topological polar surface area (TPSA) is 80.7 Å². The predicted octanol–water partition coefficient (Wildman–Crippen LogP) is 6.16. The molecule has 0 spiro atoms. The Kier molecular flexibility index (Phi) is 9.02. The molecule has 0 aliphatic heterocycles. The van der Waals surface area contributed by atoms with Gasteiger partial charge >= 0.3 is 5.97 Å². The number of allylic oxidation sites excluding steroid dienone is 5. The van der Waals surface area contributed by atoms with Gasteiger partial charge in [0.05, 0.1) is 12.2 Å². The van der Waals surface area contributed by atoms with E-state index in [1.165, 1.54) is 0 Å². The van der Waals surface area contributed by atoms with E-state index < -0.39 is 29.2 Å². The van der Waals surface area contributed by atoms with Gasteiger partial charge < -0.3 is 9.84 Å². The summed E-state index contributed by atoms with van der Waals surface area (Å²) < 4.78 is 5.50. The highest BCUT2D eigenvalue weighted by Crippen LogP contribution is 2.42.